The molecule has 0 saturated heterocycles. The second-order valence-corrected chi connectivity index (χ2v) is 6.27. The molecule has 0 aliphatic carbocycles. The Morgan fingerprint density at radius 1 is 1.33 bits per heavy atom. The van der Waals surface area contributed by atoms with E-state index < -0.39 is 0 Å². The Morgan fingerprint density at radius 2 is 2.00 bits per heavy atom. The van der Waals surface area contributed by atoms with E-state index in [0.717, 1.165) is 42.5 Å². The average Bonchev–Trinajstić information content (AvgIpc) is 2.46. The SMILES string of the molecule is CCN(CC)CCCC(C)NC(=O)c1cccc(C)c1Br. The number of aryl methyl sites for hydroxylation is 1. The molecule has 1 aromatic carbocycles. The lowest BCUT2D eigenvalue weighted by molar-refractivity contribution is 0.0936. The van der Waals surface area contributed by atoms with Crippen LogP contribution in [0.15, 0.2) is 22.7 Å². The van der Waals surface area contributed by atoms with Gasteiger partial charge in [-0.25, -0.2) is 0 Å². The predicted octanol–water partition coefficient (Wildman–Crippen LogP) is 4.00. The molecule has 0 aromatic heterocycles. The highest BCUT2D eigenvalue weighted by Gasteiger charge is 2.13. The van der Waals surface area contributed by atoms with Crippen molar-refractivity contribution < 1.29 is 4.79 Å². The molecular formula is C17H27BrN2O. The molecule has 21 heavy (non-hydrogen) atoms. The Morgan fingerprint density at radius 3 is 2.62 bits per heavy atom. The van der Waals surface area contributed by atoms with Crippen LogP contribution in [0.2, 0.25) is 0 Å². The van der Waals surface area contributed by atoms with Gasteiger partial charge in [0.1, 0.15) is 0 Å². The molecule has 1 atom stereocenters. The fourth-order valence-electron chi connectivity index (χ4n) is 2.36. The molecule has 3 nitrogen and oxygen atoms in total. The summed E-state index contributed by atoms with van der Waals surface area (Å²) >= 11 is 3.49. The Balaban J connectivity index is 2.45. The molecule has 1 unspecified atom stereocenters. The standard InChI is InChI=1S/C17H27BrN2O/c1-5-20(6-2)12-8-10-14(4)19-17(21)15-11-7-9-13(3)16(15)18/h7,9,11,14H,5-6,8,10,12H2,1-4H3,(H,19,21). The summed E-state index contributed by atoms with van der Waals surface area (Å²) in [5.74, 6) is 0.000846. The van der Waals surface area contributed by atoms with E-state index >= 15 is 0 Å². The predicted molar refractivity (Wildman–Crippen MR) is 92.8 cm³/mol. The van der Waals surface area contributed by atoms with Gasteiger partial charge in [-0.15, -0.1) is 0 Å². The fourth-order valence-corrected chi connectivity index (χ4v) is 2.80. The highest BCUT2D eigenvalue weighted by molar-refractivity contribution is 9.10. The molecule has 1 rings (SSSR count). The second-order valence-electron chi connectivity index (χ2n) is 5.48. The number of halogens is 1. The van der Waals surface area contributed by atoms with Gasteiger partial charge in [-0.2, -0.15) is 0 Å². The molecule has 0 saturated carbocycles. The van der Waals surface area contributed by atoms with Gasteiger partial charge >= 0.3 is 0 Å². The number of carbonyl (C=O) groups excluding carboxylic acids is 1. The molecule has 0 radical (unpaired) electrons. The van der Waals surface area contributed by atoms with Crippen molar-refractivity contribution in [3.8, 4) is 0 Å². The van der Waals surface area contributed by atoms with Crippen molar-refractivity contribution in [2.24, 2.45) is 0 Å². The van der Waals surface area contributed by atoms with Gasteiger partial charge in [-0.05, 0) is 73.9 Å². The number of amides is 1. The van der Waals surface area contributed by atoms with Crippen LogP contribution in [0.5, 0.6) is 0 Å². The number of hydrogen-bond donors (Lipinski definition) is 1. The summed E-state index contributed by atoms with van der Waals surface area (Å²) in [6, 6.07) is 5.96. The summed E-state index contributed by atoms with van der Waals surface area (Å²) in [5, 5.41) is 3.09. The summed E-state index contributed by atoms with van der Waals surface area (Å²) in [6.07, 6.45) is 2.11. The van der Waals surface area contributed by atoms with Gasteiger partial charge in [0.25, 0.3) is 5.91 Å². The molecule has 0 bridgehead atoms. The highest BCUT2D eigenvalue weighted by atomic mass is 79.9. The quantitative estimate of drug-likeness (QED) is 0.765. The van der Waals surface area contributed by atoms with Crippen molar-refractivity contribution in [3.05, 3.63) is 33.8 Å². The Bertz CT molecular complexity index is 458. The van der Waals surface area contributed by atoms with Gasteiger partial charge in [0.2, 0.25) is 0 Å². The van der Waals surface area contributed by atoms with Crippen LogP contribution in [-0.2, 0) is 0 Å². The minimum absolute atomic E-state index is 0.000846. The first-order valence-corrected chi connectivity index (χ1v) is 8.57. The topological polar surface area (TPSA) is 32.3 Å². The lowest BCUT2D eigenvalue weighted by Crippen LogP contribution is -2.34. The number of hydrogen-bond acceptors (Lipinski definition) is 2. The molecule has 4 heteroatoms. The van der Waals surface area contributed by atoms with E-state index in [1.165, 1.54) is 0 Å². The van der Waals surface area contributed by atoms with Gasteiger partial charge in [0.05, 0.1) is 5.56 Å². The lowest BCUT2D eigenvalue weighted by atomic mass is 10.1. The zero-order valence-corrected chi connectivity index (χ0v) is 15.2. The van der Waals surface area contributed by atoms with Crippen molar-refractivity contribution in [1.29, 1.82) is 0 Å². The van der Waals surface area contributed by atoms with Crippen molar-refractivity contribution in [3.63, 3.8) is 0 Å². The van der Waals surface area contributed by atoms with Crippen LogP contribution < -0.4 is 5.32 Å². The summed E-state index contributed by atoms with van der Waals surface area (Å²) in [5.41, 5.74) is 1.79. The van der Waals surface area contributed by atoms with Crippen LogP contribution in [0.25, 0.3) is 0 Å². The van der Waals surface area contributed by atoms with Crippen LogP contribution in [0.4, 0.5) is 0 Å². The minimum Gasteiger partial charge on any atom is -0.350 e. The maximum Gasteiger partial charge on any atom is 0.252 e. The zero-order chi connectivity index (χ0) is 15.8. The molecule has 0 spiro atoms. The highest BCUT2D eigenvalue weighted by Crippen LogP contribution is 2.21. The van der Waals surface area contributed by atoms with Crippen molar-refractivity contribution in [2.45, 2.75) is 46.6 Å². The zero-order valence-electron chi connectivity index (χ0n) is 13.6. The number of nitrogens with zero attached hydrogens (tertiary/aromatic N) is 1. The average molecular weight is 355 g/mol. The monoisotopic (exact) mass is 354 g/mol. The molecule has 0 aliphatic heterocycles. The van der Waals surface area contributed by atoms with Gasteiger partial charge in [0.15, 0.2) is 0 Å². The summed E-state index contributed by atoms with van der Waals surface area (Å²) in [7, 11) is 0. The van der Waals surface area contributed by atoms with Gasteiger partial charge in [0, 0.05) is 10.5 Å². The van der Waals surface area contributed by atoms with E-state index in [9.17, 15) is 4.79 Å². The van der Waals surface area contributed by atoms with E-state index in [0.29, 0.717) is 5.56 Å². The van der Waals surface area contributed by atoms with Crippen molar-refractivity contribution in [1.82, 2.24) is 10.2 Å². The number of benzene rings is 1. The normalized spacial score (nSPS) is 12.5. The largest absolute Gasteiger partial charge is 0.350 e. The van der Waals surface area contributed by atoms with E-state index in [4.69, 9.17) is 0 Å². The summed E-state index contributed by atoms with van der Waals surface area (Å²) in [6.45, 7) is 11.7. The van der Waals surface area contributed by atoms with E-state index in [-0.39, 0.29) is 11.9 Å². The van der Waals surface area contributed by atoms with Crippen molar-refractivity contribution in [2.75, 3.05) is 19.6 Å². The second kappa shape index (κ2) is 9.21. The van der Waals surface area contributed by atoms with Crippen molar-refractivity contribution >= 4 is 21.8 Å². The Labute approximate surface area is 137 Å². The van der Waals surface area contributed by atoms with Crippen LogP contribution >= 0.6 is 15.9 Å². The smallest absolute Gasteiger partial charge is 0.252 e. The first-order valence-electron chi connectivity index (χ1n) is 7.77. The first kappa shape index (κ1) is 18.2. The molecular weight excluding hydrogens is 328 g/mol. The molecule has 0 aliphatic rings. The fraction of sp³-hybridized carbons (Fsp3) is 0.588. The number of rotatable bonds is 8. The maximum absolute atomic E-state index is 12.3. The molecule has 1 aromatic rings. The number of nitrogens with one attached hydrogen (secondary N) is 1. The summed E-state index contributed by atoms with van der Waals surface area (Å²) in [4.78, 5) is 14.7. The Kier molecular flexibility index (Phi) is 7.97. The van der Waals surface area contributed by atoms with Crippen LogP contribution in [0.3, 0.4) is 0 Å². The molecule has 0 fully saturated rings. The Hall–Kier alpha value is -0.870. The molecule has 1 amide bonds. The molecule has 0 heterocycles. The lowest BCUT2D eigenvalue weighted by Gasteiger charge is -2.20. The number of carbonyl (C=O) groups is 1. The molecule has 1 N–H and O–H groups in total. The third-order valence-corrected chi connectivity index (χ3v) is 4.87. The van der Waals surface area contributed by atoms with Gasteiger partial charge in [-0.1, -0.05) is 26.0 Å². The first-order chi connectivity index (χ1) is 9.99. The maximum atomic E-state index is 12.3. The van der Waals surface area contributed by atoms with Gasteiger partial charge < -0.3 is 10.2 Å². The molecule has 118 valence electrons. The van der Waals surface area contributed by atoms with E-state index in [1.54, 1.807) is 0 Å². The van der Waals surface area contributed by atoms with E-state index in [2.05, 4.69) is 46.9 Å². The third-order valence-electron chi connectivity index (χ3n) is 3.82. The van der Waals surface area contributed by atoms with Crippen LogP contribution in [-0.4, -0.2) is 36.5 Å². The summed E-state index contributed by atoms with van der Waals surface area (Å²) < 4.78 is 0.887. The van der Waals surface area contributed by atoms with Crippen LogP contribution in [0.1, 0.15) is 49.5 Å². The van der Waals surface area contributed by atoms with Gasteiger partial charge in [-0.3, -0.25) is 4.79 Å². The minimum atomic E-state index is 0.000846. The third kappa shape index (κ3) is 5.79. The van der Waals surface area contributed by atoms with E-state index in [1.807, 2.05) is 25.1 Å². The van der Waals surface area contributed by atoms with Crippen LogP contribution in [0, 0.1) is 6.92 Å².